The minimum absolute atomic E-state index is 0.663. The van der Waals surface area contributed by atoms with E-state index in [0.29, 0.717) is 6.54 Å². The van der Waals surface area contributed by atoms with E-state index < -0.39 is 0 Å². The number of methoxy groups -OCH3 is 2. The van der Waals surface area contributed by atoms with E-state index in [2.05, 4.69) is 20.2 Å². The summed E-state index contributed by atoms with van der Waals surface area (Å²) in [5, 5.41) is 3.38. The maximum absolute atomic E-state index is 5.35. The van der Waals surface area contributed by atoms with Gasteiger partial charge < -0.3 is 19.7 Å². The summed E-state index contributed by atoms with van der Waals surface area (Å²) >= 11 is 0. The highest BCUT2D eigenvalue weighted by molar-refractivity contribution is 5.51. The highest BCUT2D eigenvalue weighted by Gasteiger charge is 2.15. The summed E-state index contributed by atoms with van der Waals surface area (Å²) in [7, 11) is 3.28. The van der Waals surface area contributed by atoms with Crippen LogP contribution in [0.25, 0.3) is 0 Å². The lowest BCUT2D eigenvalue weighted by atomic mass is 10.2. The first-order valence-corrected chi connectivity index (χ1v) is 8.25. The Morgan fingerprint density at radius 1 is 1.04 bits per heavy atom. The number of nitrogens with zero attached hydrogens (tertiary/aromatic N) is 3. The van der Waals surface area contributed by atoms with Crippen LogP contribution in [0.15, 0.2) is 24.3 Å². The van der Waals surface area contributed by atoms with Crippen molar-refractivity contribution in [3.05, 3.63) is 35.7 Å². The van der Waals surface area contributed by atoms with E-state index in [9.17, 15) is 0 Å². The van der Waals surface area contributed by atoms with Gasteiger partial charge in [0.05, 0.1) is 14.2 Å². The van der Waals surface area contributed by atoms with Crippen LogP contribution in [-0.2, 0) is 6.54 Å². The lowest BCUT2D eigenvalue weighted by Gasteiger charge is -2.18. The van der Waals surface area contributed by atoms with E-state index >= 15 is 0 Å². The predicted octanol–water partition coefficient (Wildman–Crippen LogP) is 3.01. The fraction of sp³-hybridized carbons (Fsp3) is 0.444. The molecule has 6 nitrogen and oxygen atoms in total. The lowest BCUT2D eigenvalue weighted by molar-refractivity contribution is 0.354. The third-order valence-corrected chi connectivity index (χ3v) is 4.18. The molecule has 1 aromatic carbocycles. The molecule has 1 aromatic heterocycles. The summed E-state index contributed by atoms with van der Waals surface area (Å²) in [6.45, 7) is 4.74. The molecule has 1 aliphatic rings. The Morgan fingerprint density at radius 3 is 2.50 bits per heavy atom. The van der Waals surface area contributed by atoms with Crippen LogP contribution in [0.3, 0.4) is 0 Å². The van der Waals surface area contributed by atoms with Crippen LogP contribution in [0.5, 0.6) is 11.5 Å². The quantitative estimate of drug-likeness (QED) is 0.879. The molecule has 2 heterocycles. The number of benzene rings is 1. The summed E-state index contributed by atoms with van der Waals surface area (Å²) in [5.41, 5.74) is 1.10. The smallest absolute Gasteiger partial charge is 0.161 e. The van der Waals surface area contributed by atoms with Crippen LogP contribution in [0.2, 0.25) is 0 Å². The van der Waals surface area contributed by atoms with Gasteiger partial charge in [-0.25, -0.2) is 9.97 Å². The molecule has 0 radical (unpaired) electrons. The SMILES string of the molecule is COc1ccc(CNc2cc(N3CCCC3)nc(C)n2)cc1OC. The summed E-state index contributed by atoms with van der Waals surface area (Å²) in [6.07, 6.45) is 2.47. The van der Waals surface area contributed by atoms with Gasteiger partial charge >= 0.3 is 0 Å². The number of hydrogen-bond donors (Lipinski definition) is 1. The normalized spacial score (nSPS) is 13.9. The van der Waals surface area contributed by atoms with E-state index in [1.54, 1.807) is 14.2 Å². The van der Waals surface area contributed by atoms with E-state index in [0.717, 1.165) is 47.6 Å². The van der Waals surface area contributed by atoms with Crippen molar-refractivity contribution in [1.82, 2.24) is 9.97 Å². The molecule has 0 amide bonds. The van der Waals surface area contributed by atoms with E-state index in [-0.39, 0.29) is 0 Å². The average Bonchev–Trinajstić information content (AvgIpc) is 3.14. The van der Waals surface area contributed by atoms with Crippen LogP contribution in [0, 0.1) is 6.92 Å². The standard InChI is InChI=1S/C18H24N4O2/c1-13-20-17(11-18(21-13)22-8-4-5-9-22)19-12-14-6-7-15(23-2)16(10-14)24-3/h6-7,10-11H,4-5,8-9,12H2,1-3H3,(H,19,20,21). The largest absolute Gasteiger partial charge is 0.493 e. The summed E-state index contributed by atoms with van der Waals surface area (Å²) < 4.78 is 10.6. The molecule has 1 saturated heterocycles. The zero-order valence-corrected chi connectivity index (χ0v) is 14.5. The van der Waals surface area contributed by atoms with Gasteiger partial charge in [0, 0.05) is 25.7 Å². The highest BCUT2D eigenvalue weighted by atomic mass is 16.5. The lowest BCUT2D eigenvalue weighted by Crippen LogP contribution is -2.20. The minimum atomic E-state index is 0.663. The summed E-state index contributed by atoms with van der Waals surface area (Å²) in [6, 6.07) is 7.93. The zero-order valence-electron chi connectivity index (χ0n) is 14.5. The highest BCUT2D eigenvalue weighted by Crippen LogP contribution is 2.28. The van der Waals surface area contributed by atoms with Crippen molar-refractivity contribution < 1.29 is 9.47 Å². The van der Waals surface area contributed by atoms with Gasteiger partial charge in [-0.15, -0.1) is 0 Å². The monoisotopic (exact) mass is 328 g/mol. The summed E-state index contributed by atoms with van der Waals surface area (Å²) in [5.74, 6) is 4.10. The number of anilines is 2. The third kappa shape index (κ3) is 3.69. The molecule has 3 rings (SSSR count). The number of aromatic nitrogens is 2. The Labute approximate surface area is 142 Å². The second-order valence-corrected chi connectivity index (χ2v) is 5.90. The number of ether oxygens (including phenoxy) is 2. The Hall–Kier alpha value is -2.50. The van der Waals surface area contributed by atoms with E-state index in [1.807, 2.05) is 31.2 Å². The summed E-state index contributed by atoms with van der Waals surface area (Å²) in [4.78, 5) is 11.4. The molecule has 0 saturated carbocycles. The first kappa shape index (κ1) is 16.4. The Kier molecular flexibility index (Phi) is 5.03. The van der Waals surface area contributed by atoms with Crippen LogP contribution >= 0.6 is 0 Å². The number of nitrogens with one attached hydrogen (secondary N) is 1. The molecule has 1 fully saturated rings. The first-order valence-electron chi connectivity index (χ1n) is 8.25. The van der Waals surface area contributed by atoms with Gasteiger partial charge in [-0.1, -0.05) is 6.07 Å². The van der Waals surface area contributed by atoms with Crippen LogP contribution < -0.4 is 19.7 Å². The molecule has 24 heavy (non-hydrogen) atoms. The molecule has 0 unspecified atom stereocenters. The molecular weight excluding hydrogens is 304 g/mol. The molecule has 0 atom stereocenters. The molecule has 1 N–H and O–H groups in total. The van der Waals surface area contributed by atoms with E-state index in [4.69, 9.17) is 9.47 Å². The Bertz CT molecular complexity index is 699. The minimum Gasteiger partial charge on any atom is -0.493 e. The second kappa shape index (κ2) is 7.38. The molecular formula is C18H24N4O2. The maximum atomic E-state index is 5.35. The molecule has 0 spiro atoms. The van der Waals surface area contributed by atoms with Crippen molar-refractivity contribution in [2.75, 3.05) is 37.5 Å². The fourth-order valence-electron chi connectivity index (χ4n) is 2.93. The van der Waals surface area contributed by atoms with E-state index in [1.165, 1.54) is 12.8 Å². The molecule has 1 aliphatic heterocycles. The van der Waals surface area contributed by atoms with Crippen LogP contribution in [0.4, 0.5) is 11.6 Å². The van der Waals surface area contributed by atoms with Gasteiger partial charge in [-0.2, -0.15) is 0 Å². The van der Waals surface area contributed by atoms with Gasteiger partial charge in [0.25, 0.3) is 0 Å². The first-order chi connectivity index (χ1) is 11.7. The zero-order chi connectivity index (χ0) is 16.9. The molecule has 128 valence electrons. The Balaban J connectivity index is 1.72. The predicted molar refractivity (Wildman–Crippen MR) is 95.1 cm³/mol. The third-order valence-electron chi connectivity index (χ3n) is 4.18. The maximum Gasteiger partial charge on any atom is 0.161 e. The van der Waals surface area contributed by atoms with Gasteiger partial charge in [0.1, 0.15) is 17.5 Å². The average molecular weight is 328 g/mol. The number of rotatable bonds is 6. The van der Waals surface area contributed by atoms with Crippen molar-refractivity contribution >= 4 is 11.6 Å². The number of aryl methyl sites for hydroxylation is 1. The van der Waals surface area contributed by atoms with Crippen LogP contribution in [0.1, 0.15) is 24.2 Å². The molecule has 6 heteroatoms. The molecule has 0 aliphatic carbocycles. The van der Waals surface area contributed by atoms with Crippen molar-refractivity contribution in [3.8, 4) is 11.5 Å². The van der Waals surface area contributed by atoms with Gasteiger partial charge in [-0.3, -0.25) is 0 Å². The Morgan fingerprint density at radius 2 is 1.79 bits per heavy atom. The van der Waals surface area contributed by atoms with Crippen LogP contribution in [-0.4, -0.2) is 37.3 Å². The second-order valence-electron chi connectivity index (χ2n) is 5.90. The van der Waals surface area contributed by atoms with Crippen molar-refractivity contribution in [1.29, 1.82) is 0 Å². The number of hydrogen-bond acceptors (Lipinski definition) is 6. The topological polar surface area (TPSA) is 59.5 Å². The van der Waals surface area contributed by atoms with Gasteiger partial charge in [0.15, 0.2) is 11.5 Å². The molecule has 2 aromatic rings. The van der Waals surface area contributed by atoms with Crippen molar-refractivity contribution in [3.63, 3.8) is 0 Å². The van der Waals surface area contributed by atoms with Gasteiger partial charge in [0.2, 0.25) is 0 Å². The van der Waals surface area contributed by atoms with Crippen molar-refractivity contribution in [2.45, 2.75) is 26.3 Å². The molecule has 0 bridgehead atoms. The van der Waals surface area contributed by atoms with Gasteiger partial charge in [-0.05, 0) is 37.5 Å². The fourth-order valence-corrected chi connectivity index (χ4v) is 2.93. The van der Waals surface area contributed by atoms with Crippen molar-refractivity contribution in [2.24, 2.45) is 0 Å².